The molecule has 0 saturated carbocycles. The highest BCUT2D eigenvalue weighted by molar-refractivity contribution is 5.43. The van der Waals surface area contributed by atoms with Crippen molar-refractivity contribution in [2.45, 2.75) is 57.2 Å². The van der Waals surface area contributed by atoms with Crippen molar-refractivity contribution >= 4 is 0 Å². The SMILES string of the molecule is FC(F)(F)C1=C(C2CC=CC=C2C2CCCCc3cncn32)C=CCC1. The van der Waals surface area contributed by atoms with Gasteiger partial charge >= 0.3 is 6.18 Å². The zero-order valence-corrected chi connectivity index (χ0v) is 14.7. The van der Waals surface area contributed by atoms with E-state index in [-0.39, 0.29) is 24.0 Å². The summed E-state index contributed by atoms with van der Waals surface area (Å²) in [5, 5.41) is 0. The van der Waals surface area contributed by atoms with Crippen LogP contribution in [0.3, 0.4) is 0 Å². The van der Waals surface area contributed by atoms with Crippen molar-refractivity contribution in [2.24, 2.45) is 5.92 Å². The molecule has 26 heavy (non-hydrogen) atoms. The Morgan fingerprint density at radius 1 is 1.12 bits per heavy atom. The number of aromatic nitrogens is 2. The molecule has 2 heterocycles. The fourth-order valence-electron chi connectivity index (χ4n) is 4.53. The number of rotatable bonds is 2. The second kappa shape index (κ2) is 6.93. The number of halogens is 3. The number of hydrogen-bond acceptors (Lipinski definition) is 1. The lowest BCUT2D eigenvalue weighted by atomic mass is 9.76. The zero-order valence-electron chi connectivity index (χ0n) is 14.7. The van der Waals surface area contributed by atoms with Crippen molar-refractivity contribution < 1.29 is 13.2 Å². The first kappa shape index (κ1) is 17.4. The average Bonchev–Trinajstić information content (AvgIpc) is 3.01. The Morgan fingerprint density at radius 3 is 2.85 bits per heavy atom. The quantitative estimate of drug-likeness (QED) is 0.646. The van der Waals surface area contributed by atoms with Crippen LogP contribution in [0.4, 0.5) is 13.2 Å². The second-order valence-electron chi connectivity index (χ2n) is 7.31. The third kappa shape index (κ3) is 3.19. The lowest BCUT2D eigenvalue weighted by Crippen LogP contribution is -2.24. The van der Waals surface area contributed by atoms with Crippen molar-refractivity contribution in [3.8, 4) is 0 Å². The van der Waals surface area contributed by atoms with Crippen LogP contribution in [0, 0.1) is 5.92 Å². The van der Waals surface area contributed by atoms with Crippen molar-refractivity contribution in [3.05, 3.63) is 65.3 Å². The summed E-state index contributed by atoms with van der Waals surface area (Å²) in [6, 6.07) is 0.0993. The molecular formula is C21H23F3N2. The van der Waals surface area contributed by atoms with Gasteiger partial charge in [0.2, 0.25) is 0 Å². The van der Waals surface area contributed by atoms with Gasteiger partial charge in [0.1, 0.15) is 0 Å². The van der Waals surface area contributed by atoms with Crippen LogP contribution in [-0.4, -0.2) is 15.7 Å². The van der Waals surface area contributed by atoms with E-state index in [2.05, 4.69) is 9.55 Å². The molecule has 5 heteroatoms. The van der Waals surface area contributed by atoms with Gasteiger partial charge in [-0.1, -0.05) is 36.8 Å². The molecule has 0 aromatic carbocycles. The average molecular weight is 360 g/mol. The summed E-state index contributed by atoms with van der Waals surface area (Å²) in [6.07, 6.45) is 14.4. The molecule has 138 valence electrons. The number of alkyl halides is 3. The van der Waals surface area contributed by atoms with E-state index in [4.69, 9.17) is 0 Å². The summed E-state index contributed by atoms with van der Waals surface area (Å²) in [7, 11) is 0. The smallest absolute Gasteiger partial charge is 0.327 e. The maximum atomic E-state index is 13.6. The lowest BCUT2D eigenvalue weighted by molar-refractivity contribution is -0.0951. The van der Waals surface area contributed by atoms with Gasteiger partial charge in [-0.25, -0.2) is 4.98 Å². The van der Waals surface area contributed by atoms with Gasteiger partial charge in [-0.3, -0.25) is 0 Å². The van der Waals surface area contributed by atoms with Crippen LogP contribution in [0.25, 0.3) is 0 Å². The Bertz CT molecular complexity index is 792. The van der Waals surface area contributed by atoms with E-state index >= 15 is 0 Å². The standard InChI is InChI=1S/C21H23F3N2/c22-21(23,24)19-11-5-4-9-17(19)16-8-2-3-10-18(16)20-12-6-1-7-15-13-25-14-26(15)20/h2-4,9-10,13-14,16,20H,1,5-8,11-12H2. The van der Waals surface area contributed by atoms with E-state index in [1.807, 2.05) is 36.8 Å². The zero-order chi connectivity index (χ0) is 18.1. The molecule has 1 aromatic heterocycles. The van der Waals surface area contributed by atoms with E-state index in [0.717, 1.165) is 31.3 Å². The van der Waals surface area contributed by atoms with Crippen LogP contribution in [0.5, 0.6) is 0 Å². The minimum Gasteiger partial charge on any atom is -0.327 e. The Balaban J connectivity index is 1.76. The third-order valence-corrected chi connectivity index (χ3v) is 5.75. The first-order chi connectivity index (χ1) is 12.6. The molecule has 2 unspecified atom stereocenters. The fraction of sp³-hybridized carbons (Fsp3) is 0.476. The van der Waals surface area contributed by atoms with E-state index < -0.39 is 6.18 Å². The maximum absolute atomic E-state index is 13.6. The van der Waals surface area contributed by atoms with Gasteiger partial charge in [-0.2, -0.15) is 13.2 Å². The number of nitrogens with zero attached hydrogens (tertiary/aromatic N) is 2. The predicted molar refractivity (Wildman–Crippen MR) is 95.6 cm³/mol. The molecule has 3 aliphatic rings. The van der Waals surface area contributed by atoms with Crippen LogP contribution in [0.2, 0.25) is 0 Å². The summed E-state index contributed by atoms with van der Waals surface area (Å²) in [5.41, 5.74) is 2.40. The van der Waals surface area contributed by atoms with Crippen LogP contribution in [0.15, 0.2) is 59.6 Å². The molecule has 2 atom stereocenters. The molecule has 0 N–H and O–H groups in total. The van der Waals surface area contributed by atoms with Gasteiger partial charge in [0.25, 0.3) is 0 Å². The highest BCUT2D eigenvalue weighted by Gasteiger charge is 2.39. The number of aryl methyl sites for hydroxylation is 1. The minimum atomic E-state index is -4.25. The number of imidazole rings is 1. The van der Waals surface area contributed by atoms with Crippen molar-refractivity contribution in [1.29, 1.82) is 0 Å². The largest absolute Gasteiger partial charge is 0.412 e. The van der Waals surface area contributed by atoms with E-state index in [1.54, 1.807) is 6.08 Å². The van der Waals surface area contributed by atoms with Crippen LogP contribution >= 0.6 is 0 Å². The molecule has 0 bridgehead atoms. The van der Waals surface area contributed by atoms with Crippen molar-refractivity contribution in [2.75, 3.05) is 0 Å². The molecule has 1 aromatic rings. The number of fused-ring (bicyclic) bond motifs is 1. The molecular weight excluding hydrogens is 337 g/mol. The third-order valence-electron chi connectivity index (χ3n) is 5.75. The molecule has 2 nitrogen and oxygen atoms in total. The van der Waals surface area contributed by atoms with Crippen LogP contribution in [0.1, 0.15) is 50.3 Å². The first-order valence-electron chi connectivity index (χ1n) is 9.40. The topological polar surface area (TPSA) is 17.8 Å². The molecule has 4 rings (SSSR count). The summed E-state index contributed by atoms with van der Waals surface area (Å²) in [5.74, 6) is -0.202. The Hall–Kier alpha value is -2.04. The maximum Gasteiger partial charge on any atom is 0.412 e. The van der Waals surface area contributed by atoms with Gasteiger partial charge in [0.15, 0.2) is 0 Å². The summed E-state index contributed by atoms with van der Waals surface area (Å²) in [6.45, 7) is 0. The molecule has 0 amide bonds. The van der Waals surface area contributed by atoms with Crippen LogP contribution in [-0.2, 0) is 6.42 Å². The Kier molecular flexibility index (Phi) is 4.63. The van der Waals surface area contributed by atoms with Gasteiger partial charge in [-0.05, 0) is 49.7 Å². The minimum absolute atomic E-state index is 0.0871. The fourth-order valence-corrected chi connectivity index (χ4v) is 4.53. The normalized spacial score (nSPS) is 26.5. The predicted octanol–water partition coefficient (Wildman–Crippen LogP) is 5.86. The lowest BCUT2D eigenvalue weighted by Gasteiger charge is -2.33. The summed E-state index contributed by atoms with van der Waals surface area (Å²) in [4.78, 5) is 4.29. The highest BCUT2D eigenvalue weighted by Crippen LogP contribution is 2.45. The number of allylic oxidation sites excluding steroid dienone is 8. The molecule has 0 radical (unpaired) electrons. The number of hydrogen-bond donors (Lipinski definition) is 0. The molecule has 0 fully saturated rings. The van der Waals surface area contributed by atoms with Crippen molar-refractivity contribution in [1.82, 2.24) is 9.55 Å². The summed E-state index contributed by atoms with van der Waals surface area (Å²) >= 11 is 0. The van der Waals surface area contributed by atoms with E-state index in [0.29, 0.717) is 18.4 Å². The van der Waals surface area contributed by atoms with Crippen LogP contribution < -0.4 is 0 Å². The molecule has 0 saturated heterocycles. The second-order valence-corrected chi connectivity index (χ2v) is 7.31. The van der Waals surface area contributed by atoms with Gasteiger partial charge in [0, 0.05) is 23.4 Å². The van der Waals surface area contributed by atoms with Gasteiger partial charge in [0.05, 0.1) is 12.4 Å². The first-order valence-corrected chi connectivity index (χ1v) is 9.40. The molecule has 0 spiro atoms. The van der Waals surface area contributed by atoms with Crippen molar-refractivity contribution in [3.63, 3.8) is 0 Å². The highest BCUT2D eigenvalue weighted by atomic mass is 19.4. The Morgan fingerprint density at radius 2 is 2.00 bits per heavy atom. The summed E-state index contributed by atoms with van der Waals surface area (Å²) < 4.78 is 43.1. The Labute approximate surface area is 151 Å². The monoisotopic (exact) mass is 360 g/mol. The van der Waals surface area contributed by atoms with E-state index in [1.165, 1.54) is 5.69 Å². The van der Waals surface area contributed by atoms with Gasteiger partial charge in [-0.15, -0.1) is 0 Å². The molecule has 2 aliphatic carbocycles. The van der Waals surface area contributed by atoms with Gasteiger partial charge < -0.3 is 4.57 Å². The van der Waals surface area contributed by atoms with E-state index in [9.17, 15) is 13.2 Å². The molecule has 1 aliphatic heterocycles.